The highest BCUT2D eigenvalue weighted by Gasteiger charge is 2.30. The maximum atomic E-state index is 11.7. The van der Waals surface area contributed by atoms with Gasteiger partial charge in [-0.25, -0.2) is 0 Å². The molecule has 4 heteroatoms. The zero-order valence-corrected chi connectivity index (χ0v) is 9.95. The number of nitrogens with zero attached hydrogens (tertiary/aromatic N) is 1. The lowest BCUT2D eigenvalue weighted by Gasteiger charge is -2.25. The van der Waals surface area contributed by atoms with Crippen molar-refractivity contribution in [3.05, 3.63) is 34.9 Å². The number of benzene rings is 1. The Kier molecular flexibility index (Phi) is 3.17. The van der Waals surface area contributed by atoms with Crippen molar-refractivity contribution < 1.29 is 4.79 Å². The second-order valence-corrected chi connectivity index (χ2v) is 4.68. The fraction of sp³-hybridized carbons (Fsp3) is 0.417. The lowest BCUT2D eigenvalue weighted by Crippen LogP contribution is -2.30. The standard InChI is InChI=1S/C12H15ClN2O/c1-8(9-3-2-4-10(13)5-9)15-7-11(14)6-12(15)16/h2-5,8,11H,6-7,14H2,1H3. The largest absolute Gasteiger partial charge is 0.334 e. The minimum atomic E-state index is -0.0332. The number of amides is 1. The predicted molar refractivity (Wildman–Crippen MR) is 64.2 cm³/mol. The minimum absolute atomic E-state index is 0.0332. The van der Waals surface area contributed by atoms with E-state index >= 15 is 0 Å². The molecule has 1 fully saturated rings. The maximum Gasteiger partial charge on any atom is 0.224 e. The third-order valence-electron chi connectivity index (χ3n) is 2.99. The average molecular weight is 239 g/mol. The van der Waals surface area contributed by atoms with Crippen LogP contribution in [0.1, 0.15) is 24.9 Å². The Balaban J connectivity index is 2.19. The van der Waals surface area contributed by atoms with Crippen molar-refractivity contribution in [3.63, 3.8) is 0 Å². The van der Waals surface area contributed by atoms with Crippen LogP contribution in [0.3, 0.4) is 0 Å². The molecule has 16 heavy (non-hydrogen) atoms. The Morgan fingerprint density at radius 2 is 2.31 bits per heavy atom. The van der Waals surface area contributed by atoms with Gasteiger partial charge in [0.15, 0.2) is 0 Å². The van der Waals surface area contributed by atoms with E-state index in [1.165, 1.54) is 0 Å². The fourth-order valence-corrected chi connectivity index (χ4v) is 2.28. The fourth-order valence-electron chi connectivity index (χ4n) is 2.08. The van der Waals surface area contributed by atoms with Crippen molar-refractivity contribution in [1.29, 1.82) is 0 Å². The molecule has 0 spiro atoms. The molecule has 0 saturated carbocycles. The van der Waals surface area contributed by atoms with Crippen molar-refractivity contribution >= 4 is 17.5 Å². The van der Waals surface area contributed by atoms with Gasteiger partial charge >= 0.3 is 0 Å². The van der Waals surface area contributed by atoms with Crippen molar-refractivity contribution in [2.45, 2.75) is 25.4 Å². The van der Waals surface area contributed by atoms with Gasteiger partial charge in [-0.1, -0.05) is 23.7 Å². The predicted octanol–water partition coefficient (Wildman–Crippen LogP) is 1.96. The van der Waals surface area contributed by atoms with Crippen molar-refractivity contribution in [2.24, 2.45) is 5.73 Å². The first-order valence-electron chi connectivity index (χ1n) is 5.38. The maximum absolute atomic E-state index is 11.7. The molecule has 2 atom stereocenters. The van der Waals surface area contributed by atoms with Gasteiger partial charge in [-0.05, 0) is 24.6 Å². The van der Waals surface area contributed by atoms with Gasteiger partial charge in [-0.15, -0.1) is 0 Å². The van der Waals surface area contributed by atoms with Crippen LogP contribution in [0.15, 0.2) is 24.3 Å². The van der Waals surface area contributed by atoms with Crippen LogP contribution >= 0.6 is 11.6 Å². The van der Waals surface area contributed by atoms with E-state index in [2.05, 4.69) is 0 Å². The Morgan fingerprint density at radius 1 is 1.56 bits per heavy atom. The number of carbonyl (C=O) groups excluding carboxylic acids is 1. The first-order chi connectivity index (χ1) is 7.58. The molecule has 1 aliphatic rings. The molecule has 1 amide bonds. The summed E-state index contributed by atoms with van der Waals surface area (Å²) in [7, 11) is 0. The Bertz CT molecular complexity index is 408. The third-order valence-corrected chi connectivity index (χ3v) is 3.22. The summed E-state index contributed by atoms with van der Waals surface area (Å²) in [5.41, 5.74) is 6.82. The molecule has 1 aromatic carbocycles. The summed E-state index contributed by atoms with van der Waals surface area (Å²) in [5, 5.41) is 0.695. The molecular formula is C12H15ClN2O. The van der Waals surface area contributed by atoms with Crippen LogP contribution in [0, 0.1) is 0 Å². The topological polar surface area (TPSA) is 46.3 Å². The summed E-state index contributed by atoms with van der Waals surface area (Å²) in [4.78, 5) is 13.5. The van der Waals surface area contributed by atoms with E-state index in [0.29, 0.717) is 18.0 Å². The Morgan fingerprint density at radius 3 is 2.88 bits per heavy atom. The highest BCUT2D eigenvalue weighted by molar-refractivity contribution is 6.30. The summed E-state index contributed by atoms with van der Waals surface area (Å²) in [6.07, 6.45) is 0.449. The SMILES string of the molecule is CC(c1cccc(Cl)c1)N1CC(N)CC1=O. The molecule has 2 rings (SSSR count). The van der Waals surface area contributed by atoms with Gasteiger partial charge in [0.2, 0.25) is 5.91 Å². The molecule has 3 nitrogen and oxygen atoms in total. The van der Waals surface area contributed by atoms with E-state index in [1.807, 2.05) is 36.1 Å². The van der Waals surface area contributed by atoms with Crippen LogP contribution in [0.2, 0.25) is 5.02 Å². The number of likely N-dealkylation sites (tertiary alicyclic amines) is 1. The zero-order valence-electron chi connectivity index (χ0n) is 9.19. The Labute approximate surface area is 100 Å². The van der Waals surface area contributed by atoms with Crippen LogP contribution in [0.4, 0.5) is 0 Å². The van der Waals surface area contributed by atoms with Crippen molar-refractivity contribution in [2.75, 3.05) is 6.54 Å². The van der Waals surface area contributed by atoms with Gasteiger partial charge in [-0.3, -0.25) is 4.79 Å². The summed E-state index contributed by atoms with van der Waals surface area (Å²) in [6.45, 7) is 2.63. The van der Waals surface area contributed by atoms with E-state index in [0.717, 1.165) is 5.56 Å². The minimum Gasteiger partial charge on any atom is -0.334 e. The number of hydrogen-bond acceptors (Lipinski definition) is 2. The number of halogens is 1. The molecule has 1 aliphatic heterocycles. The summed E-state index contributed by atoms with van der Waals surface area (Å²) < 4.78 is 0. The van der Waals surface area contributed by atoms with Crippen LogP contribution < -0.4 is 5.73 Å². The van der Waals surface area contributed by atoms with Crippen molar-refractivity contribution in [1.82, 2.24) is 4.90 Å². The second kappa shape index (κ2) is 4.44. The molecule has 2 unspecified atom stereocenters. The molecule has 1 aromatic rings. The van der Waals surface area contributed by atoms with E-state index in [9.17, 15) is 4.79 Å². The van der Waals surface area contributed by atoms with Crippen LogP contribution in [0.25, 0.3) is 0 Å². The van der Waals surface area contributed by atoms with Gasteiger partial charge in [0.1, 0.15) is 0 Å². The van der Waals surface area contributed by atoms with Crippen molar-refractivity contribution in [3.8, 4) is 0 Å². The zero-order chi connectivity index (χ0) is 11.7. The van der Waals surface area contributed by atoms with E-state index in [-0.39, 0.29) is 18.0 Å². The summed E-state index contributed by atoms with van der Waals surface area (Å²) >= 11 is 5.93. The highest BCUT2D eigenvalue weighted by Crippen LogP contribution is 2.26. The van der Waals surface area contributed by atoms with Gasteiger partial charge in [0.25, 0.3) is 0 Å². The number of nitrogens with two attached hydrogens (primary N) is 1. The van der Waals surface area contributed by atoms with Gasteiger partial charge in [-0.2, -0.15) is 0 Å². The monoisotopic (exact) mass is 238 g/mol. The smallest absolute Gasteiger partial charge is 0.224 e. The van der Waals surface area contributed by atoms with Gasteiger partial charge in [0.05, 0.1) is 6.04 Å². The molecule has 0 radical (unpaired) electrons. The third kappa shape index (κ3) is 2.20. The molecular weight excluding hydrogens is 224 g/mol. The number of hydrogen-bond donors (Lipinski definition) is 1. The molecule has 86 valence electrons. The molecule has 1 saturated heterocycles. The van der Waals surface area contributed by atoms with Gasteiger partial charge in [0, 0.05) is 24.0 Å². The Hall–Kier alpha value is -1.06. The van der Waals surface area contributed by atoms with E-state index in [1.54, 1.807) is 0 Å². The molecule has 0 aliphatic carbocycles. The second-order valence-electron chi connectivity index (χ2n) is 4.24. The molecule has 0 aromatic heterocycles. The molecule has 1 heterocycles. The average Bonchev–Trinajstić information content (AvgIpc) is 2.57. The lowest BCUT2D eigenvalue weighted by molar-refractivity contribution is -0.129. The lowest BCUT2D eigenvalue weighted by atomic mass is 10.1. The van der Waals surface area contributed by atoms with Crippen LogP contribution in [0.5, 0.6) is 0 Å². The van der Waals surface area contributed by atoms with E-state index in [4.69, 9.17) is 17.3 Å². The molecule has 0 bridgehead atoms. The summed E-state index contributed by atoms with van der Waals surface area (Å²) in [5.74, 6) is 0.125. The van der Waals surface area contributed by atoms with Crippen LogP contribution in [-0.2, 0) is 4.79 Å². The highest BCUT2D eigenvalue weighted by atomic mass is 35.5. The molecule has 2 N–H and O–H groups in total. The first-order valence-corrected chi connectivity index (χ1v) is 5.76. The summed E-state index contributed by atoms with van der Waals surface area (Å²) in [6, 6.07) is 7.61. The number of rotatable bonds is 2. The normalized spacial score (nSPS) is 22.6. The number of carbonyl (C=O) groups is 1. The quantitative estimate of drug-likeness (QED) is 0.856. The van der Waals surface area contributed by atoms with E-state index < -0.39 is 0 Å². The van der Waals surface area contributed by atoms with Gasteiger partial charge < -0.3 is 10.6 Å². The first kappa shape index (κ1) is 11.4. The van der Waals surface area contributed by atoms with Crippen LogP contribution in [-0.4, -0.2) is 23.4 Å².